The Hall–Kier alpha value is -3.61. The minimum absolute atomic E-state index is 0.0916. The minimum Gasteiger partial charge on any atom is -0.476 e. The van der Waals surface area contributed by atoms with Crippen molar-refractivity contribution in [3.63, 3.8) is 0 Å². The van der Waals surface area contributed by atoms with E-state index in [4.69, 9.17) is 4.74 Å². The number of aromatic nitrogens is 2. The van der Waals surface area contributed by atoms with E-state index in [1.165, 1.54) is 4.90 Å². The Labute approximate surface area is 181 Å². The summed E-state index contributed by atoms with van der Waals surface area (Å²) >= 11 is 0. The van der Waals surface area contributed by atoms with E-state index in [-0.39, 0.29) is 24.8 Å². The smallest absolute Gasteiger partial charge is 0.265 e. The molecule has 0 aliphatic carbocycles. The van der Waals surface area contributed by atoms with Crippen molar-refractivity contribution in [2.24, 2.45) is 0 Å². The Morgan fingerprint density at radius 2 is 1.74 bits per heavy atom. The number of likely N-dealkylation sites (N-methyl/N-ethyl adjacent to an activating group) is 1. The number of carbonyl (C=O) groups excluding carboxylic acids is 2. The number of rotatable bonds is 4. The Kier molecular flexibility index (Phi) is 5.50. The molecule has 0 fully saturated rings. The molecule has 0 saturated heterocycles. The van der Waals surface area contributed by atoms with Crippen molar-refractivity contribution < 1.29 is 14.3 Å². The molecule has 0 N–H and O–H groups in total. The van der Waals surface area contributed by atoms with Crippen molar-refractivity contribution in [1.82, 2.24) is 14.7 Å². The molecule has 0 spiro atoms. The number of hydrogen-bond donors (Lipinski definition) is 0. The molecule has 2 heterocycles. The lowest BCUT2D eigenvalue weighted by molar-refractivity contribution is -0.136. The molecule has 0 unspecified atom stereocenters. The molecule has 0 bridgehead atoms. The van der Waals surface area contributed by atoms with Crippen molar-refractivity contribution in [3.8, 4) is 11.4 Å². The molecule has 2 aromatic carbocycles. The van der Waals surface area contributed by atoms with Crippen LogP contribution in [0.15, 0.2) is 54.6 Å². The molecular formula is C24H26N4O3. The van der Waals surface area contributed by atoms with Crippen LogP contribution < -0.4 is 9.64 Å². The molecule has 1 aromatic heterocycles. The van der Waals surface area contributed by atoms with Gasteiger partial charge in [-0.1, -0.05) is 30.3 Å². The number of para-hydroxylation sites is 3. The van der Waals surface area contributed by atoms with E-state index in [2.05, 4.69) is 5.10 Å². The zero-order valence-electron chi connectivity index (χ0n) is 18.2. The third-order valence-corrected chi connectivity index (χ3v) is 5.56. The molecular weight excluding hydrogens is 392 g/mol. The van der Waals surface area contributed by atoms with E-state index < -0.39 is 6.10 Å². The first-order chi connectivity index (χ1) is 14.9. The molecule has 3 aromatic rings. The standard InChI is InChI=1S/C24H26N4O3/c1-16-19(17(2)28(25-16)18-10-6-5-7-11-18)14-23(29)27-15-22(24(30)26(3)4)31-21-13-9-8-12-20(21)27/h5-13,22H,14-15H2,1-4H3/t22-/m1/s1. The molecule has 4 rings (SSSR count). The molecule has 1 aliphatic heterocycles. The molecule has 7 nitrogen and oxygen atoms in total. The molecule has 0 saturated carbocycles. The van der Waals surface area contributed by atoms with Gasteiger partial charge >= 0.3 is 0 Å². The summed E-state index contributed by atoms with van der Waals surface area (Å²) in [6, 6.07) is 17.2. The quantitative estimate of drug-likeness (QED) is 0.653. The number of benzene rings is 2. The molecule has 0 radical (unpaired) electrons. The molecule has 160 valence electrons. The summed E-state index contributed by atoms with van der Waals surface area (Å²) in [6.45, 7) is 4.07. The number of hydrogen-bond acceptors (Lipinski definition) is 4. The monoisotopic (exact) mass is 418 g/mol. The fraction of sp³-hybridized carbons (Fsp3) is 0.292. The van der Waals surface area contributed by atoms with E-state index in [0.29, 0.717) is 11.4 Å². The van der Waals surface area contributed by atoms with Crippen molar-refractivity contribution in [2.75, 3.05) is 25.5 Å². The highest BCUT2D eigenvalue weighted by molar-refractivity contribution is 5.98. The van der Waals surface area contributed by atoms with Gasteiger partial charge in [0, 0.05) is 25.4 Å². The highest BCUT2D eigenvalue weighted by atomic mass is 16.5. The lowest BCUT2D eigenvalue weighted by Gasteiger charge is -2.35. The number of nitrogens with zero attached hydrogens (tertiary/aromatic N) is 4. The summed E-state index contributed by atoms with van der Waals surface area (Å²) in [5.74, 6) is 0.276. The van der Waals surface area contributed by atoms with Crippen molar-refractivity contribution >= 4 is 17.5 Å². The minimum atomic E-state index is -0.733. The fourth-order valence-electron chi connectivity index (χ4n) is 3.89. The normalized spacial score (nSPS) is 15.2. The van der Waals surface area contributed by atoms with E-state index in [1.807, 2.05) is 67.1 Å². The number of ether oxygens (including phenoxy) is 1. The highest BCUT2D eigenvalue weighted by Crippen LogP contribution is 2.34. The van der Waals surface area contributed by atoms with Crippen LogP contribution in [0.25, 0.3) is 5.69 Å². The van der Waals surface area contributed by atoms with Gasteiger partial charge in [0.25, 0.3) is 5.91 Å². The van der Waals surface area contributed by atoms with Gasteiger partial charge in [-0.2, -0.15) is 5.10 Å². The molecule has 2 amide bonds. The van der Waals surface area contributed by atoms with Crippen molar-refractivity contribution in [3.05, 3.63) is 71.5 Å². The first-order valence-corrected chi connectivity index (χ1v) is 10.2. The summed E-state index contributed by atoms with van der Waals surface area (Å²) in [7, 11) is 3.37. The van der Waals surface area contributed by atoms with E-state index in [9.17, 15) is 9.59 Å². The van der Waals surface area contributed by atoms with Crippen LogP contribution in [0.5, 0.6) is 5.75 Å². The zero-order valence-corrected chi connectivity index (χ0v) is 18.2. The second kappa shape index (κ2) is 8.26. The van der Waals surface area contributed by atoms with Gasteiger partial charge in [-0.3, -0.25) is 9.59 Å². The number of aryl methyl sites for hydroxylation is 1. The second-order valence-corrected chi connectivity index (χ2v) is 7.88. The average Bonchev–Trinajstić information content (AvgIpc) is 3.06. The van der Waals surface area contributed by atoms with Gasteiger partial charge in [0.2, 0.25) is 5.91 Å². The van der Waals surface area contributed by atoms with Crippen molar-refractivity contribution in [1.29, 1.82) is 0 Å². The predicted octanol–water partition coefficient (Wildman–Crippen LogP) is 2.91. The molecule has 31 heavy (non-hydrogen) atoms. The van der Waals surface area contributed by atoms with Gasteiger partial charge in [-0.05, 0) is 38.1 Å². The third-order valence-electron chi connectivity index (χ3n) is 5.56. The van der Waals surface area contributed by atoms with Crippen LogP contribution in [-0.4, -0.2) is 53.2 Å². The van der Waals surface area contributed by atoms with Crippen molar-refractivity contribution in [2.45, 2.75) is 26.4 Å². The van der Waals surface area contributed by atoms with Gasteiger partial charge in [0.1, 0.15) is 5.75 Å². The highest BCUT2D eigenvalue weighted by Gasteiger charge is 2.35. The Morgan fingerprint density at radius 3 is 2.45 bits per heavy atom. The largest absolute Gasteiger partial charge is 0.476 e. The van der Waals surface area contributed by atoms with Crippen LogP contribution in [0.2, 0.25) is 0 Å². The third kappa shape index (κ3) is 3.91. The summed E-state index contributed by atoms with van der Waals surface area (Å²) < 4.78 is 7.76. The maximum atomic E-state index is 13.4. The summed E-state index contributed by atoms with van der Waals surface area (Å²) in [4.78, 5) is 29.1. The topological polar surface area (TPSA) is 67.7 Å². The van der Waals surface area contributed by atoms with Gasteiger partial charge in [0.15, 0.2) is 6.10 Å². The van der Waals surface area contributed by atoms with E-state index in [1.54, 1.807) is 25.1 Å². The van der Waals surface area contributed by atoms with Crippen LogP contribution in [0.1, 0.15) is 17.0 Å². The van der Waals surface area contributed by atoms with Crippen LogP contribution in [0.4, 0.5) is 5.69 Å². The lowest BCUT2D eigenvalue weighted by atomic mass is 10.1. The number of fused-ring (bicyclic) bond motifs is 1. The maximum Gasteiger partial charge on any atom is 0.265 e. The SMILES string of the molecule is Cc1nn(-c2ccccc2)c(C)c1CC(=O)N1C[C@H](C(=O)N(C)C)Oc2ccccc21. The first-order valence-electron chi connectivity index (χ1n) is 10.2. The first kappa shape index (κ1) is 20.7. The van der Waals surface area contributed by atoms with E-state index in [0.717, 1.165) is 22.6 Å². The second-order valence-electron chi connectivity index (χ2n) is 7.88. The van der Waals surface area contributed by atoms with Crippen LogP contribution >= 0.6 is 0 Å². The average molecular weight is 418 g/mol. The maximum absolute atomic E-state index is 13.4. The van der Waals surface area contributed by atoms with Crippen LogP contribution in [0.3, 0.4) is 0 Å². The number of anilines is 1. The Balaban J connectivity index is 1.64. The van der Waals surface area contributed by atoms with Gasteiger partial charge in [-0.15, -0.1) is 0 Å². The lowest BCUT2D eigenvalue weighted by Crippen LogP contribution is -2.50. The molecule has 7 heteroatoms. The van der Waals surface area contributed by atoms with Gasteiger partial charge in [0.05, 0.1) is 30.0 Å². The molecule has 1 atom stereocenters. The molecule has 1 aliphatic rings. The van der Waals surface area contributed by atoms with Gasteiger partial charge < -0.3 is 14.5 Å². The number of carbonyl (C=O) groups is 2. The summed E-state index contributed by atoms with van der Waals surface area (Å²) in [5, 5.41) is 4.65. The van der Waals surface area contributed by atoms with Crippen LogP contribution in [-0.2, 0) is 16.0 Å². The fourth-order valence-corrected chi connectivity index (χ4v) is 3.89. The summed E-state index contributed by atoms with van der Waals surface area (Å²) in [6.07, 6.45) is -0.537. The van der Waals surface area contributed by atoms with Gasteiger partial charge in [-0.25, -0.2) is 4.68 Å². The van der Waals surface area contributed by atoms with E-state index >= 15 is 0 Å². The Bertz CT molecular complexity index is 1120. The predicted molar refractivity (Wildman–Crippen MR) is 119 cm³/mol. The Morgan fingerprint density at radius 1 is 1.06 bits per heavy atom. The van der Waals surface area contributed by atoms with Crippen LogP contribution in [0, 0.1) is 13.8 Å². The number of amides is 2. The zero-order chi connectivity index (χ0) is 22.1. The summed E-state index contributed by atoms with van der Waals surface area (Å²) in [5.41, 5.74) is 4.28.